The highest BCUT2D eigenvalue weighted by Gasteiger charge is 2.23. The summed E-state index contributed by atoms with van der Waals surface area (Å²) in [5.74, 6) is -1.12. The molecule has 0 amide bonds. The number of unbranched alkanes of at least 4 members (excludes halogenated alkanes) is 8. The second kappa shape index (κ2) is 35.6. The minimum atomic E-state index is -4.81. The van der Waals surface area contributed by atoms with Crippen molar-refractivity contribution in [2.75, 3.05) is 13.2 Å². The van der Waals surface area contributed by atoms with E-state index in [1.807, 2.05) is 12.2 Å². The molecule has 9 nitrogen and oxygen atoms in total. The highest BCUT2D eigenvalue weighted by molar-refractivity contribution is 7.46. The number of phosphoric ester groups is 1. The molecule has 0 heterocycles. The van der Waals surface area contributed by atoms with Crippen molar-refractivity contribution in [3.8, 4) is 0 Å². The fourth-order valence-electron chi connectivity index (χ4n) is 4.66. The van der Waals surface area contributed by atoms with Crippen molar-refractivity contribution in [1.82, 2.24) is 0 Å². The molecule has 51 heavy (non-hydrogen) atoms. The smallest absolute Gasteiger partial charge is 0.462 e. The van der Waals surface area contributed by atoms with Crippen LogP contribution in [0.5, 0.6) is 0 Å². The number of allylic oxidation sites excluding steroid dienone is 13. The van der Waals surface area contributed by atoms with Gasteiger partial charge in [0.05, 0.1) is 12.7 Å². The minimum Gasteiger partial charge on any atom is -0.462 e. The van der Waals surface area contributed by atoms with E-state index in [1.165, 1.54) is 19.3 Å². The van der Waals surface area contributed by atoms with E-state index in [2.05, 4.69) is 79.1 Å². The summed E-state index contributed by atoms with van der Waals surface area (Å²) in [5, 5.41) is 10.2. The van der Waals surface area contributed by atoms with Crippen LogP contribution in [0.3, 0.4) is 0 Å². The van der Waals surface area contributed by atoms with Gasteiger partial charge in [-0.2, -0.15) is 0 Å². The van der Waals surface area contributed by atoms with Gasteiger partial charge < -0.3 is 24.4 Å². The van der Waals surface area contributed by atoms with E-state index in [0.29, 0.717) is 19.3 Å². The zero-order valence-corrected chi connectivity index (χ0v) is 32.2. The van der Waals surface area contributed by atoms with Crippen LogP contribution in [0.15, 0.2) is 85.1 Å². The molecule has 10 heteroatoms. The molecule has 0 aliphatic carbocycles. The number of phosphoric acid groups is 1. The van der Waals surface area contributed by atoms with E-state index in [4.69, 9.17) is 19.3 Å². The summed E-state index contributed by atoms with van der Waals surface area (Å²) >= 11 is 0. The van der Waals surface area contributed by atoms with Crippen LogP contribution in [0.2, 0.25) is 0 Å². The first-order valence-corrected chi connectivity index (χ1v) is 20.5. The maximum Gasteiger partial charge on any atom is 0.469 e. The molecule has 1 unspecified atom stereocenters. The Labute approximate surface area is 308 Å². The first-order valence-electron chi connectivity index (χ1n) is 19.0. The molecule has 0 radical (unpaired) electrons. The molecular formula is C41H67O9P. The Morgan fingerprint density at radius 2 is 1.18 bits per heavy atom. The van der Waals surface area contributed by atoms with E-state index >= 15 is 0 Å². The Bertz CT molecular complexity index is 1110. The highest BCUT2D eigenvalue weighted by Crippen LogP contribution is 2.36. The Morgan fingerprint density at radius 3 is 1.80 bits per heavy atom. The van der Waals surface area contributed by atoms with E-state index in [9.17, 15) is 19.3 Å². The Morgan fingerprint density at radius 1 is 0.627 bits per heavy atom. The predicted octanol–water partition coefficient (Wildman–Crippen LogP) is 10.3. The summed E-state index contributed by atoms with van der Waals surface area (Å²) in [4.78, 5) is 42.7. The number of carbonyl (C=O) groups excluding carboxylic acids is 2. The molecule has 3 N–H and O–H groups in total. The van der Waals surface area contributed by atoms with Crippen molar-refractivity contribution in [3.63, 3.8) is 0 Å². The highest BCUT2D eigenvalue weighted by atomic mass is 31.2. The van der Waals surface area contributed by atoms with Crippen LogP contribution in [-0.4, -0.2) is 52.3 Å². The van der Waals surface area contributed by atoms with Crippen LogP contribution >= 0.6 is 7.82 Å². The number of hydrogen-bond acceptors (Lipinski definition) is 7. The van der Waals surface area contributed by atoms with Gasteiger partial charge >= 0.3 is 19.8 Å². The Balaban J connectivity index is 4.22. The van der Waals surface area contributed by atoms with Crippen LogP contribution < -0.4 is 0 Å². The van der Waals surface area contributed by atoms with Gasteiger partial charge in [0.15, 0.2) is 6.10 Å². The third-order valence-corrected chi connectivity index (χ3v) is 7.99. The van der Waals surface area contributed by atoms with Crippen molar-refractivity contribution in [2.24, 2.45) is 0 Å². The number of carbonyl (C=O) groups is 2. The third kappa shape index (κ3) is 38.3. The van der Waals surface area contributed by atoms with Gasteiger partial charge in [-0.1, -0.05) is 131 Å². The number of aliphatic hydroxyl groups excluding tert-OH is 1. The van der Waals surface area contributed by atoms with Crippen LogP contribution in [0.25, 0.3) is 0 Å². The number of ether oxygens (including phenoxy) is 2. The molecular weight excluding hydrogens is 667 g/mol. The van der Waals surface area contributed by atoms with Gasteiger partial charge in [-0.15, -0.1) is 0 Å². The third-order valence-electron chi connectivity index (χ3n) is 7.50. The molecule has 0 bridgehead atoms. The number of esters is 2. The van der Waals surface area contributed by atoms with Crippen molar-refractivity contribution < 1.29 is 43.0 Å². The van der Waals surface area contributed by atoms with Gasteiger partial charge in [0.25, 0.3) is 0 Å². The minimum absolute atomic E-state index is 0.0286. The first-order chi connectivity index (χ1) is 24.7. The quantitative estimate of drug-likeness (QED) is 0.0198. The lowest BCUT2D eigenvalue weighted by Gasteiger charge is -2.18. The average Bonchev–Trinajstić information content (AvgIpc) is 3.09. The number of aliphatic hydroxyl groups is 1. The molecule has 0 aliphatic rings. The first kappa shape index (κ1) is 48.2. The van der Waals surface area contributed by atoms with Gasteiger partial charge in [0.2, 0.25) is 0 Å². The standard InChI is InChI=1S/C41H67O9P/c1-3-5-7-9-11-13-15-17-18-20-22-24-26-28-30-34-41(44)50-39(37-49-51(45,46)47)36-48-40(43)35-31-33-38(42)32-29-27-25-23-21-19-16-14-12-10-8-6-4-2/h6,8,11-14,17-19,21,25,27,29,32,38-39,42H,3-5,7,9-10,15-16,20,22-24,26,28,30-31,33-37H2,1-2H3,(H2,45,46,47)/b8-6-,13-11-,14-12-,18-17-,21-19-,27-25-,32-29+/t38?,39-/m1/s1. The summed E-state index contributed by atoms with van der Waals surface area (Å²) in [5.41, 5.74) is 0. The molecule has 0 rings (SSSR count). The summed E-state index contributed by atoms with van der Waals surface area (Å²) in [7, 11) is -4.81. The van der Waals surface area contributed by atoms with Gasteiger partial charge in [0.1, 0.15) is 6.61 Å². The van der Waals surface area contributed by atoms with Crippen molar-refractivity contribution in [2.45, 2.75) is 148 Å². The molecule has 0 saturated heterocycles. The van der Waals surface area contributed by atoms with Gasteiger partial charge in [-0.3, -0.25) is 14.1 Å². The van der Waals surface area contributed by atoms with Crippen molar-refractivity contribution in [1.29, 1.82) is 0 Å². The van der Waals surface area contributed by atoms with Crippen molar-refractivity contribution in [3.05, 3.63) is 85.1 Å². The molecule has 2 atom stereocenters. The lowest BCUT2D eigenvalue weighted by molar-refractivity contribution is -0.161. The zero-order valence-electron chi connectivity index (χ0n) is 31.3. The summed E-state index contributed by atoms with van der Waals surface area (Å²) in [6.45, 7) is 3.34. The summed E-state index contributed by atoms with van der Waals surface area (Å²) in [6, 6.07) is 0. The second-order valence-corrected chi connectivity index (χ2v) is 13.6. The maximum absolute atomic E-state index is 12.4. The van der Waals surface area contributed by atoms with Gasteiger partial charge in [-0.05, 0) is 77.0 Å². The largest absolute Gasteiger partial charge is 0.469 e. The Kier molecular flexibility index (Phi) is 33.6. The van der Waals surface area contributed by atoms with Crippen molar-refractivity contribution >= 4 is 19.8 Å². The zero-order chi connectivity index (χ0) is 37.7. The number of rotatable bonds is 33. The Hall–Kier alpha value is -2.81. The molecule has 0 aliphatic heterocycles. The molecule has 0 aromatic rings. The topological polar surface area (TPSA) is 140 Å². The van der Waals surface area contributed by atoms with E-state index in [1.54, 1.807) is 12.2 Å². The normalized spacial score (nSPS) is 14.1. The second-order valence-electron chi connectivity index (χ2n) is 12.4. The van der Waals surface area contributed by atoms with E-state index in [-0.39, 0.29) is 19.4 Å². The summed E-state index contributed by atoms with van der Waals surface area (Å²) in [6.07, 6.45) is 43.3. The molecule has 0 spiro atoms. The van der Waals surface area contributed by atoms with Crippen LogP contribution in [0.4, 0.5) is 0 Å². The van der Waals surface area contributed by atoms with E-state index in [0.717, 1.165) is 70.6 Å². The summed E-state index contributed by atoms with van der Waals surface area (Å²) < 4.78 is 26.2. The fraction of sp³-hybridized carbons (Fsp3) is 0.610. The molecule has 0 saturated carbocycles. The average molecular weight is 735 g/mol. The molecule has 0 aromatic carbocycles. The lowest BCUT2D eigenvalue weighted by Crippen LogP contribution is -2.29. The SMILES string of the molecule is CC/C=C\C/C=C\C/C=C\C/C=C\C=C\C(O)CCCC(=O)OC[C@H](COP(=O)(O)O)OC(=O)CCCCCCC/C=C\C/C=C\CCCCC. The maximum atomic E-state index is 12.4. The molecule has 0 fully saturated rings. The van der Waals surface area contributed by atoms with Gasteiger partial charge in [-0.25, -0.2) is 4.57 Å². The van der Waals surface area contributed by atoms with Gasteiger partial charge in [0, 0.05) is 12.8 Å². The molecule has 0 aromatic heterocycles. The fourth-order valence-corrected chi connectivity index (χ4v) is 5.03. The predicted molar refractivity (Wildman–Crippen MR) is 208 cm³/mol. The van der Waals surface area contributed by atoms with E-state index < -0.39 is 38.6 Å². The number of hydrogen-bond donors (Lipinski definition) is 3. The van der Waals surface area contributed by atoms with Crippen LogP contribution in [0, 0.1) is 0 Å². The van der Waals surface area contributed by atoms with Crippen LogP contribution in [0.1, 0.15) is 136 Å². The van der Waals surface area contributed by atoms with Crippen LogP contribution in [-0.2, 0) is 28.2 Å². The lowest BCUT2D eigenvalue weighted by atomic mass is 10.1. The monoisotopic (exact) mass is 734 g/mol. The molecule has 290 valence electrons.